The van der Waals surface area contributed by atoms with E-state index >= 15 is 0 Å². The quantitative estimate of drug-likeness (QED) is 0.777. The molecule has 1 amide bonds. The highest BCUT2D eigenvalue weighted by Crippen LogP contribution is 2.29. The van der Waals surface area contributed by atoms with Gasteiger partial charge in [-0.05, 0) is 33.5 Å². The van der Waals surface area contributed by atoms with Crippen LogP contribution in [-0.4, -0.2) is 22.0 Å². The number of halogens is 1. The Morgan fingerprint density at radius 2 is 1.86 bits per heavy atom. The van der Waals surface area contributed by atoms with Gasteiger partial charge >= 0.3 is 5.97 Å². The van der Waals surface area contributed by atoms with Gasteiger partial charge in [0.2, 0.25) is 0 Å². The van der Waals surface area contributed by atoms with Crippen LogP contribution in [0.4, 0.5) is 5.82 Å². The normalized spacial score (nSPS) is 10.3. The minimum Gasteiger partial charge on any atom is -0.476 e. The van der Waals surface area contributed by atoms with Gasteiger partial charge in [0.25, 0.3) is 5.91 Å². The van der Waals surface area contributed by atoms with Gasteiger partial charge in [-0.3, -0.25) is 4.79 Å². The number of nitrogens with two attached hydrogens (primary N) is 2. The molecule has 0 radical (unpaired) electrons. The molecule has 6 nitrogen and oxygen atoms in total. The number of nitrogen functional groups attached to an aromatic ring is 1. The van der Waals surface area contributed by atoms with E-state index in [0.29, 0.717) is 12.0 Å². The number of carboxylic acids is 1. The third-order valence-corrected chi connectivity index (χ3v) is 3.79. The minimum absolute atomic E-state index is 0.0377. The van der Waals surface area contributed by atoms with E-state index < -0.39 is 11.9 Å². The molecule has 0 saturated carbocycles. The maximum atomic E-state index is 11.6. The smallest absolute Gasteiger partial charge is 0.355 e. The van der Waals surface area contributed by atoms with E-state index in [-0.39, 0.29) is 21.5 Å². The number of carbonyl (C=O) groups is 2. The predicted molar refractivity (Wildman–Crippen MR) is 81.1 cm³/mol. The largest absolute Gasteiger partial charge is 0.476 e. The fourth-order valence-electron chi connectivity index (χ4n) is 2.02. The first-order chi connectivity index (χ1) is 9.91. The van der Waals surface area contributed by atoms with Crippen LogP contribution in [-0.2, 0) is 6.42 Å². The zero-order chi connectivity index (χ0) is 15.6. The molecule has 0 fully saturated rings. The molecule has 0 aliphatic heterocycles. The number of primary amides is 1. The molecule has 0 unspecified atom stereocenters. The van der Waals surface area contributed by atoms with Gasteiger partial charge < -0.3 is 16.6 Å². The van der Waals surface area contributed by atoms with Crippen molar-refractivity contribution in [3.63, 3.8) is 0 Å². The van der Waals surface area contributed by atoms with Crippen LogP contribution >= 0.6 is 15.9 Å². The summed E-state index contributed by atoms with van der Waals surface area (Å²) in [6, 6.07) is 9.26. The first-order valence-electron chi connectivity index (χ1n) is 5.96. The Hall–Kier alpha value is -2.41. The molecule has 0 aliphatic rings. The maximum Gasteiger partial charge on any atom is 0.355 e. The Kier molecular flexibility index (Phi) is 4.23. The molecule has 2 aromatic rings. The monoisotopic (exact) mass is 349 g/mol. The number of pyridine rings is 1. The first-order valence-corrected chi connectivity index (χ1v) is 6.76. The molecule has 2 rings (SSSR count). The van der Waals surface area contributed by atoms with Crippen LogP contribution in [0.3, 0.4) is 0 Å². The van der Waals surface area contributed by atoms with Gasteiger partial charge in [-0.2, -0.15) is 0 Å². The molecule has 108 valence electrons. The second kappa shape index (κ2) is 5.92. The number of hydrogen-bond acceptors (Lipinski definition) is 4. The number of aromatic carboxylic acids is 1. The molecular weight excluding hydrogens is 338 g/mol. The fraction of sp³-hybridized carbons (Fsp3) is 0.0714. The average Bonchev–Trinajstić information content (AvgIpc) is 2.43. The lowest BCUT2D eigenvalue weighted by Gasteiger charge is -2.13. The van der Waals surface area contributed by atoms with Crippen LogP contribution in [0, 0.1) is 0 Å². The Labute approximate surface area is 128 Å². The van der Waals surface area contributed by atoms with Crippen molar-refractivity contribution >= 4 is 33.6 Å². The van der Waals surface area contributed by atoms with E-state index in [1.54, 1.807) is 0 Å². The summed E-state index contributed by atoms with van der Waals surface area (Å²) in [5, 5.41) is 9.15. The fourth-order valence-corrected chi connectivity index (χ4v) is 2.61. The lowest BCUT2D eigenvalue weighted by Crippen LogP contribution is -2.20. The second-order valence-corrected chi connectivity index (χ2v) is 5.14. The van der Waals surface area contributed by atoms with E-state index in [0.717, 1.165) is 5.56 Å². The van der Waals surface area contributed by atoms with Crippen molar-refractivity contribution in [2.75, 3.05) is 5.73 Å². The number of anilines is 1. The molecule has 5 N–H and O–H groups in total. The maximum absolute atomic E-state index is 11.6. The third-order valence-electron chi connectivity index (χ3n) is 2.94. The zero-order valence-electron chi connectivity index (χ0n) is 10.8. The van der Waals surface area contributed by atoms with Gasteiger partial charge in [-0.1, -0.05) is 30.3 Å². The van der Waals surface area contributed by atoms with Crippen LogP contribution in [0.2, 0.25) is 0 Å². The number of benzene rings is 1. The van der Waals surface area contributed by atoms with Crippen LogP contribution in [0.25, 0.3) is 0 Å². The Morgan fingerprint density at radius 3 is 2.38 bits per heavy atom. The molecule has 0 spiro atoms. The van der Waals surface area contributed by atoms with Crippen molar-refractivity contribution < 1.29 is 14.7 Å². The van der Waals surface area contributed by atoms with Crippen molar-refractivity contribution in [1.82, 2.24) is 4.98 Å². The lowest BCUT2D eigenvalue weighted by atomic mass is 9.99. The predicted octanol–water partition coefficient (Wildman–Crippen LogP) is 1.81. The van der Waals surface area contributed by atoms with Crippen molar-refractivity contribution in [2.45, 2.75) is 6.42 Å². The van der Waals surface area contributed by atoms with Gasteiger partial charge in [0.15, 0.2) is 5.69 Å². The minimum atomic E-state index is -1.24. The number of aromatic nitrogens is 1. The van der Waals surface area contributed by atoms with E-state index in [2.05, 4.69) is 20.9 Å². The molecule has 1 aromatic carbocycles. The number of rotatable bonds is 4. The van der Waals surface area contributed by atoms with Gasteiger partial charge in [0.05, 0.1) is 10.0 Å². The van der Waals surface area contributed by atoms with Crippen molar-refractivity contribution in [3.8, 4) is 0 Å². The standard InChI is InChI=1S/C14H12BrN3O3/c15-10-8(6-7-4-2-1-3-5-7)9(13(17)19)12(16)18-11(10)14(20)21/h1-5H,6H2,(H2,16,18)(H2,17,19)(H,20,21). The highest BCUT2D eigenvalue weighted by Gasteiger charge is 2.23. The van der Waals surface area contributed by atoms with Crippen LogP contribution in [0.1, 0.15) is 32.0 Å². The number of carbonyl (C=O) groups excluding carboxylic acids is 1. The number of carboxylic acid groups (broad SMARTS) is 1. The summed E-state index contributed by atoms with van der Waals surface area (Å²) in [5.41, 5.74) is 12.1. The van der Waals surface area contributed by atoms with Crippen molar-refractivity contribution in [1.29, 1.82) is 0 Å². The second-order valence-electron chi connectivity index (χ2n) is 4.34. The number of amides is 1. The summed E-state index contributed by atoms with van der Waals surface area (Å²) in [6.07, 6.45) is 0.312. The highest BCUT2D eigenvalue weighted by molar-refractivity contribution is 9.10. The summed E-state index contributed by atoms with van der Waals surface area (Å²) in [5.74, 6) is -2.17. The number of nitrogens with zero attached hydrogens (tertiary/aromatic N) is 1. The summed E-state index contributed by atoms with van der Waals surface area (Å²) in [6.45, 7) is 0. The molecule has 0 saturated heterocycles. The molecule has 0 bridgehead atoms. The van der Waals surface area contributed by atoms with Crippen molar-refractivity contribution in [2.24, 2.45) is 5.73 Å². The van der Waals surface area contributed by atoms with Gasteiger partial charge in [0.1, 0.15) is 5.82 Å². The van der Waals surface area contributed by atoms with Gasteiger partial charge in [0, 0.05) is 0 Å². The van der Waals surface area contributed by atoms with E-state index in [1.165, 1.54) is 0 Å². The third kappa shape index (κ3) is 3.03. The molecule has 0 aliphatic carbocycles. The van der Waals surface area contributed by atoms with E-state index in [1.807, 2.05) is 30.3 Å². The Balaban J connectivity index is 2.65. The molecule has 1 aromatic heterocycles. The molecule has 0 atom stereocenters. The number of hydrogen-bond donors (Lipinski definition) is 3. The van der Waals surface area contributed by atoms with E-state index in [4.69, 9.17) is 16.6 Å². The molecule has 21 heavy (non-hydrogen) atoms. The average molecular weight is 350 g/mol. The molecule has 1 heterocycles. The Bertz CT molecular complexity index is 717. The SMILES string of the molecule is NC(=O)c1c(N)nc(C(=O)O)c(Br)c1Cc1ccccc1. The summed E-state index contributed by atoms with van der Waals surface area (Å²) < 4.78 is 0.210. The highest BCUT2D eigenvalue weighted by atomic mass is 79.9. The molecule has 7 heteroatoms. The van der Waals surface area contributed by atoms with Gasteiger partial charge in [-0.15, -0.1) is 0 Å². The molecular formula is C14H12BrN3O3. The van der Waals surface area contributed by atoms with Crippen molar-refractivity contribution in [3.05, 3.63) is 57.2 Å². The van der Waals surface area contributed by atoms with Crippen LogP contribution in [0.15, 0.2) is 34.8 Å². The summed E-state index contributed by atoms with van der Waals surface area (Å²) >= 11 is 3.19. The van der Waals surface area contributed by atoms with Gasteiger partial charge in [-0.25, -0.2) is 9.78 Å². The van der Waals surface area contributed by atoms with Crippen LogP contribution in [0.5, 0.6) is 0 Å². The topological polar surface area (TPSA) is 119 Å². The van der Waals surface area contributed by atoms with Crippen LogP contribution < -0.4 is 11.5 Å². The van der Waals surface area contributed by atoms with E-state index in [9.17, 15) is 9.59 Å². The zero-order valence-corrected chi connectivity index (χ0v) is 12.4. The Morgan fingerprint density at radius 1 is 1.24 bits per heavy atom. The first kappa shape index (κ1) is 15.0. The lowest BCUT2D eigenvalue weighted by molar-refractivity contribution is 0.0688. The summed E-state index contributed by atoms with van der Waals surface area (Å²) in [4.78, 5) is 26.5. The summed E-state index contributed by atoms with van der Waals surface area (Å²) in [7, 11) is 0.